The van der Waals surface area contributed by atoms with Crippen molar-refractivity contribution in [3.63, 3.8) is 0 Å². The molecule has 0 aromatic carbocycles. The Balaban J connectivity index is 1.49. The number of carbonyl (C=O) groups is 1. The summed E-state index contributed by atoms with van der Waals surface area (Å²) in [7, 11) is 0. The van der Waals surface area contributed by atoms with Crippen LogP contribution < -0.4 is 5.32 Å². The number of carbonyl (C=O) groups excluding carboxylic acids is 1. The standard InChI is InChI=1S/C16H21N3OS/c20-16(19-8-4-7-15-17-9-10-18-15)14-11-12-5-2-1-3-6-13(12)21-14/h9-11H,1-8H2,(H,17,18)(H,19,20). The summed E-state index contributed by atoms with van der Waals surface area (Å²) in [6, 6.07) is 2.10. The summed E-state index contributed by atoms with van der Waals surface area (Å²) >= 11 is 1.68. The van der Waals surface area contributed by atoms with E-state index in [9.17, 15) is 4.79 Å². The van der Waals surface area contributed by atoms with Crippen molar-refractivity contribution in [1.82, 2.24) is 15.3 Å². The van der Waals surface area contributed by atoms with E-state index < -0.39 is 0 Å². The Morgan fingerprint density at radius 1 is 1.33 bits per heavy atom. The molecule has 0 aliphatic heterocycles. The van der Waals surface area contributed by atoms with Gasteiger partial charge in [-0.1, -0.05) is 6.42 Å². The predicted molar refractivity (Wildman–Crippen MR) is 84.8 cm³/mol. The monoisotopic (exact) mass is 303 g/mol. The van der Waals surface area contributed by atoms with Crippen LogP contribution in [0.1, 0.15) is 51.6 Å². The first-order chi connectivity index (χ1) is 10.3. The van der Waals surface area contributed by atoms with Gasteiger partial charge in [0.2, 0.25) is 0 Å². The number of hydrogen-bond donors (Lipinski definition) is 2. The fraction of sp³-hybridized carbons (Fsp3) is 0.500. The van der Waals surface area contributed by atoms with Gasteiger partial charge in [0.15, 0.2) is 0 Å². The molecule has 112 valence electrons. The molecule has 0 saturated carbocycles. The van der Waals surface area contributed by atoms with Gasteiger partial charge in [-0.25, -0.2) is 4.98 Å². The lowest BCUT2D eigenvalue weighted by Crippen LogP contribution is -2.24. The maximum absolute atomic E-state index is 12.2. The minimum Gasteiger partial charge on any atom is -0.351 e. The average molecular weight is 303 g/mol. The minimum atomic E-state index is 0.0764. The molecule has 0 atom stereocenters. The third-order valence-corrected chi connectivity index (χ3v) is 5.14. The first-order valence-electron chi connectivity index (χ1n) is 7.71. The lowest BCUT2D eigenvalue weighted by atomic mass is 10.1. The van der Waals surface area contributed by atoms with Crippen LogP contribution in [0.3, 0.4) is 0 Å². The number of nitrogens with one attached hydrogen (secondary N) is 2. The van der Waals surface area contributed by atoms with Crippen LogP contribution in [0.4, 0.5) is 0 Å². The molecule has 3 rings (SSSR count). The summed E-state index contributed by atoms with van der Waals surface area (Å²) in [6.45, 7) is 0.697. The zero-order chi connectivity index (χ0) is 14.5. The fourth-order valence-electron chi connectivity index (χ4n) is 2.76. The molecule has 21 heavy (non-hydrogen) atoms. The van der Waals surface area contributed by atoms with Crippen molar-refractivity contribution in [1.29, 1.82) is 0 Å². The highest BCUT2D eigenvalue weighted by molar-refractivity contribution is 7.14. The number of aryl methyl sites for hydroxylation is 3. The summed E-state index contributed by atoms with van der Waals surface area (Å²) < 4.78 is 0. The molecule has 2 aromatic heterocycles. The van der Waals surface area contributed by atoms with Crippen molar-refractivity contribution < 1.29 is 4.79 Å². The molecule has 2 N–H and O–H groups in total. The number of amides is 1. The Bertz CT molecular complexity index is 565. The van der Waals surface area contributed by atoms with Crippen molar-refractivity contribution >= 4 is 17.2 Å². The molecular formula is C16H21N3OS. The Morgan fingerprint density at radius 3 is 3.10 bits per heavy atom. The number of thiophene rings is 1. The van der Waals surface area contributed by atoms with Gasteiger partial charge in [0.1, 0.15) is 5.82 Å². The lowest BCUT2D eigenvalue weighted by molar-refractivity contribution is 0.0957. The van der Waals surface area contributed by atoms with Gasteiger partial charge in [0.25, 0.3) is 5.91 Å². The number of fused-ring (bicyclic) bond motifs is 1. The normalized spacial score (nSPS) is 14.5. The number of nitrogens with zero attached hydrogens (tertiary/aromatic N) is 1. The number of aromatic nitrogens is 2. The van der Waals surface area contributed by atoms with Gasteiger partial charge in [-0.2, -0.15) is 0 Å². The molecule has 0 spiro atoms. The first kappa shape index (κ1) is 14.3. The quantitative estimate of drug-likeness (QED) is 0.658. The molecule has 1 aliphatic carbocycles. The number of H-pyrrole nitrogens is 1. The summed E-state index contributed by atoms with van der Waals surface area (Å²) in [5, 5.41) is 3.02. The molecule has 0 radical (unpaired) electrons. The van der Waals surface area contributed by atoms with Crippen molar-refractivity contribution in [3.05, 3.63) is 39.6 Å². The molecule has 0 unspecified atom stereocenters. The van der Waals surface area contributed by atoms with Gasteiger partial charge < -0.3 is 10.3 Å². The zero-order valence-electron chi connectivity index (χ0n) is 12.2. The zero-order valence-corrected chi connectivity index (χ0v) is 13.0. The summed E-state index contributed by atoms with van der Waals surface area (Å²) in [5.41, 5.74) is 1.40. The molecule has 5 heteroatoms. The Kier molecular flexibility index (Phi) is 4.70. The predicted octanol–water partition coefficient (Wildman–Crippen LogP) is 3.10. The highest BCUT2D eigenvalue weighted by Crippen LogP contribution is 2.28. The Morgan fingerprint density at radius 2 is 2.24 bits per heavy atom. The van der Waals surface area contributed by atoms with E-state index in [4.69, 9.17) is 0 Å². The third kappa shape index (κ3) is 3.73. The van der Waals surface area contributed by atoms with E-state index in [0.29, 0.717) is 6.54 Å². The van der Waals surface area contributed by atoms with Gasteiger partial charge >= 0.3 is 0 Å². The van der Waals surface area contributed by atoms with Crippen LogP contribution >= 0.6 is 11.3 Å². The topological polar surface area (TPSA) is 57.8 Å². The summed E-state index contributed by atoms with van der Waals surface area (Å²) in [6.07, 6.45) is 11.5. The largest absolute Gasteiger partial charge is 0.351 e. The van der Waals surface area contributed by atoms with Gasteiger partial charge in [-0.3, -0.25) is 4.79 Å². The summed E-state index contributed by atoms with van der Waals surface area (Å²) in [5.74, 6) is 1.06. The minimum absolute atomic E-state index is 0.0764. The third-order valence-electron chi connectivity index (χ3n) is 3.90. The lowest BCUT2D eigenvalue weighted by Gasteiger charge is -2.02. The molecule has 1 aliphatic rings. The van der Waals surface area contributed by atoms with Crippen molar-refractivity contribution in [3.8, 4) is 0 Å². The number of rotatable bonds is 5. The van der Waals surface area contributed by atoms with Crippen molar-refractivity contribution in [2.45, 2.75) is 44.9 Å². The van der Waals surface area contributed by atoms with Crippen LogP contribution in [-0.4, -0.2) is 22.4 Å². The molecule has 0 fully saturated rings. The van der Waals surface area contributed by atoms with E-state index in [1.807, 2.05) is 6.20 Å². The van der Waals surface area contributed by atoms with Gasteiger partial charge in [0.05, 0.1) is 4.88 Å². The van der Waals surface area contributed by atoms with Crippen LogP contribution in [0.25, 0.3) is 0 Å². The summed E-state index contributed by atoms with van der Waals surface area (Å²) in [4.78, 5) is 21.7. The maximum Gasteiger partial charge on any atom is 0.261 e. The van der Waals surface area contributed by atoms with E-state index in [-0.39, 0.29) is 5.91 Å². The van der Waals surface area contributed by atoms with Crippen LogP contribution in [0, 0.1) is 0 Å². The van der Waals surface area contributed by atoms with E-state index >= 15 is 0 Å². The smallest absolute Gasteiger partial charge is 0.261 e. The molecule has 2 heterocycles. The molecule has 0 bridgehead atoms. The van der Waals surface area contributed by atoms with E-state index in [1.54, 1.807) is 17.5 Å². The highest BCUT2D eigenvalue weighted by Gasteiger charge is 2.16. The second-order valence-electron chi connectivity index (χ2n) is 5.52. The molecular weight excluding hydrogens is 282 g/mol. The number of aromatic amines is 1. The fourth-order valence-corrected chi connectivity index (χ4v) is 3.93. The Labute approximate surface area is 129 Å². The Hall–Kier alpha value is -1.62. The molecule has 4 nitrogen and oxygen atoms in total. The second kappa shape index (κ2) is 6.89. The average Bonchev–Trinajstić information content (AvgIpc) is 3.09. The number of imidazole rings is 1. The van der Waals surface area contributed by atoms with Crippen LogP contribution in [0.2, 0.25) is 0 Å². The van der Waals surface area contributed by atoms with Gasteiger partial charge in [-0.05, 0) is 43.7 Å². The van der Waals surface area contributed by atoms with Crippen molar-refractivity contribution in [2.24, 2.45) is 0 Å². The van der Waals surface area contributed by atoms with Gasteiger partial charge in [0, 0.05) is 30.2 Å². The van der Waals surface area contributed by atoms with Crippen LogP contribution in [0.15, 0.2) is 18.5 Å². The maximum atomic E-state index is 12.2. The highest BCUT2D eigenvalue weighted by atomic mass is 32.1. The van der Waals surface area contributed by atoms with Crippen molar-refractivity contribution in [2.75, 3.05) is 6.54 Å². The van der Waals surface area contributed by atoms with E-state index in [2.05, 4.69) is 21.4 Å². The van der Waals surface area contributed by atoms with Gasteiger partial charge in [-0.15, -0.1) is 11.3 Å². The van der Waals surface area contributed by atoms with Crippen LogP contribution in [-0.2, 0) is 19.3 Å². The molecule has 0 saturated heterocycles. The number of hydrogen-bond acceptors (Lipinski definition) is 3. The van der Waals surface area contributed by atoms with Crippen LogP contribution in [0.5, 0.6) is 0 Å². The second-order valence-corrected chi connectivity index (χ2v) is 6.65. The first-order valence-corrected chi connectivity index (χ1v) is 8.52. The SMILES string of the molecule is O=C(NCCCc1ncc[nH]1)c1cc2c(s1)CCCCC2. The van der Waals surface area contributed by atoms with E-state index in [1.165, 1.54) is 29.7 Å². The molecule has 1 amide bonds. The molecule has 2 aromatic rings. The van der Waals surface area contributed by atoms with E-state index in [0.717, 1.165) is 36.4 Å².